The van der Waals surface area contributed by atoms with Gasteiger partial charge in [0.15, 0.2) is 6.04 Å². The van der Waals surface area contributed by atoms with E-state index in [0.717, 1.165) is 24.0 Å². The Morgan fingerprint density at radius 2 is 1.80 bits per heavy atom. The number of hydrogen-bond acceptors (Lipinski definition) is 9. The lowest BCUT2D eigenvalue weighted by atomic mass is 10.1. The number of furan rings is 1. The van der Waals surface area contributed by atoms with E-state index in [-0.39, 0.29) is 25.1 Å². The van der Waals surface area contributed by atoms with Gasteiger partial charge < -0.3 is 28.8 Å². The van der Waals surface area contributed by atoms with Gasteiger partial charge in [-0.2, -0.15) is 4.80 Å². The molecule has 0 unspecified atom stereocenters. The second-order valence-corrected chi connectivity index (χ2v) is 9.54. The van der Waals surface area contributed by atoms with E-state index in [1.165, 1.54) is 16.0 Å². The van der Waals surface area contributed by atoms with Crippen molar-refractivity contribution in [2.24, 2.45) is 0 Å². The maximum atomic E-state index is 13.9. The summed E-state index contributed by atoms with van der Waals surface area (Å²) in [6.45, 7) is 0.904. The average Bonchev–Trinajstić information content (AvgIpc) is 3.80. The van der Waals surface area contributed by atoms with Crippen LogP contribution < -0.4 is 14.8 Å². The third kappa shape index (κ3) is 6.90. The van der Waals surface area contributed by atoms with E-state index in [1.807, 2.05) is 24.3 Å². The van der Waals surface area contributed by atoms with E-state index in [0.29, 0.717) is 36.2 Å². The van der Waals surface area contributed by atoms with Gasteiger partial charge in [-0.3, -0.25) is 9.59 Å². The average molecular weight is 561 g/mol. The van der Waals surface area contributed by atoms with Crippen LogP contribution in [0.3, 0.4) is 0 Å². The van der Waals surface area contributed by atoms with Crippen LogP contribution in [-0.4, -0.2) is 70.4 Å². The van der Waals surface area contributed by atoms with Gasteiger partial charge in [-0.05, 0) is 72.1 Å². The maximum absolute atomic E-state index is 13.9. The molecule has 2 aromatic carbocycles. The number of hydrogen-bond donors (Lipinski definition) is 1. The summed E-state index contributed by atoms with van der Waals surface area (Å²) in [5.74, 6) is 1.31. The van der Waals surface area contributed by atoms with Gasteiger partial charge in [0.05, 0.1) is 26.6 Å². The van der Waals surface area contributed by atoms with Crippen molar-refractivity contribution < 1.29 is 28.2 Å². The first-order valence-corrected chi connectivity index (χ1v) is 13.3. The van der Waals surface area contributed by atoms with Gasteiger partial charge in [-0.1, -0.05) is 12.1 Å². The molecule has 41 heavy (non-hydrogen) atoms. The van der Waals surface area contributed by atoms with Crippen LogP contribution in [0.25, 0.3) is 11.4 Å². The Morgan fingerprint density at radius 3 is 2.44 bits per heavy atom. The quantitative estimate of drug-likeness (QED) is 0.277. The lowest BCUT2D eigenvalue weighted by Crippen LogP contribution is -2.46. The molecule has 0 spiro atoms. The van der Waals surface area contributed by atoms with E-state index < -0.39 is 11.9 Å². The number of nitrogens with zero attached hydrogens (tertiary/aromatic N) is 5. The number of tetrazole rings is 1. The van der Waals surface area contributed by atoms with Gasteiger partial charge in [0.1, 0.15) is 23.8 Å². The molecule has 0 bridgehead atoms. The Kier molecular flexibility index (Phi) is 8.89. The second kappa shape index (κ2) is 13.1. The number of benzene rings is 2. The molecule has 12 heteroatoms. The fraction of sp³-hybridized carbons (Fsp3) is 0.345. The first-order valence-electron chi connectivity index (χ1n) is 13.3. The molecule has 12 nitrogen and oxygen atoms in total. The van der Waals surface area contributed by atoms with Gasteiger partial charge in [0.2, 0.25) is 11.7 Å². The smallest absolute Gasteiger partial charge is 0.250 e. The predicted octanol–water partition coefficient (Wildman–Crippen LogP) is 3.02. The highest BCUT2D eigenvalue weighted by Gasteiger charge is 2.34. The lowest BCUT2D eigenvalue weighted by Gasteiger charge is -2.30. The van der Waals surface area contributed by atoms with Crippen LogP contribution in [-0.2, 0) is 27.4 Å². The Hall–Kier alpha value is -4.71. The minimum absolute atomic E-state index is 0.0577. The molecule has 0 saturated carbocycles. The number of aromatic nitrogens is 4. The van der Waals surface area contributed by atoms with E-state index in [9.17, 15) is 9.59 Å². The van der Waals surface area contributed by atoms with Crippen molar-refractivity contribution in [2.45, 2.75) is 38.1 Å². The van der Waals surface area contributed by atoms with E-state index in [4.69, 9.17) is 18.6 Å². The number of ether oxygens (including phenoxy) is 3. The Bertz CT molecular complexity index is 1420. The van der Waals surface area contributed by atoms with Crippen LogP contribution in [0.2, 0.25) is 0 Å². The SMILES string of the molecule is COc1ccc(CN(C(=O)Cn2nnc(-c3ccc(OC)cc3)n2)[C@H](C(=O)NC[C@@H]2CCCO2)c2ccco2)cc1. The zero-order valence-electron chi connectivity index (χ0n) is 22.9. The molecule has 2 aromatic heterocycles. The van der Waals surface area contributed by atoms with Crippen molar-refractivity contribution in [3.05, 3.63) is 78.3 Å². The monoisotopic (exact) mass is 560 g/mol. The van der Waals surface area contributed by atoms with Crippen LogP contribution in [0.5, 0.6) is 11.5 Å². The molecular weight excluding hydrogens is 528 g/mol. The standard InChI is InChI=1S/C29H32N6O6/c1-38-22-11-7-20(8-12-22)18-34(27(25-6-4-16-41-25)29(37)30-17-24-5-3-15-40-24)26(36)19-35-32-28(31-33-35)21-9-13-23(39-2)14-10-21/h4,6-14,16,24,27H,3,5,15,17-19H2,1-2H3,(H,30,37)/t24-,27-/m0/s1. The third-order valence-electron chi connectivity index (χ3n) is 6.81. The summed E-state index contributed by atoms with van der Waals surface area (Å²) in [6, 6.07) is 16.8. The summed E-state index contributed by atoms with van der Waals surface area (Å²) in [7, 11) is 3.17. The van der Waals surface area contributed by atoms with Crippen LogP contribution in [0.4, 0.5) is 0 Å². The Labute approximate surface area is 237 Å². The molecule has 1 aliphatic rings. The van der Waals surface area contributed by atoms with Crippen molar-refractivity contribution >= 4 is 11.8 Å². The molecule has 1 aliphatic heterocycles. The van der Waals surface area contributed by atoms with E-state index >= 15 is 0 Å². The van der Waals surface area contributed by atoms with Crippen LogP contribution in [0.15, 0.2) is 71.3 Å². The van der Waals surface area contributed by atoms with E-state index in [1.54, 1.807) is 50.6 Å². The lowest BCUT2D eigenvalue weighted by molar-refractivity contribution is -0.143. The van der Waals surface area contributed by atoms with Crippen molar-refractivity contribution in [3.8, 4) is 22.9 Å². The highest BCUT2D eigenvalue weighted by atomic mass is 16.5. The number of carbonyl (C=O) groups is 2. The molecule has 4 aromatic rings. The summed E-state index contributed by atoms with van der Waals surface area (Å²) in [6.07, 6.45) is 3.24. The molecule has 3 heterocycles. The fourth-order valence-corrected chi connectivity index (χ4v) is 4.62. The normalized spacial score (nSPS) is 15.3. The number of methoxy groups -OCH3 is 2. The first-order chi connectivity index (χ1) is 20.0. The van der Waals surface area contributed by atoms with Crippen LogP contribution in [0.1, 0.15) is 30.2 Å². The zero-order chi connectivity index (χ0) is 28.6. The van der Waals surface area contributed by atoms with Crippen molar-refractivity contribution in [2.75, 3.05) is 27.4 Å². The van der Waals surface area contributed by atoms with E-state index in [2.05, 4.69) is 20.7 Å². The number of rotatable bonds is 12. The molecular formula is C29H32N6O6. The minimum atomic E-state index is -1.04. The zero-order valence-corrected chi connectivity index (χ0v) is 22.9. The topological polar surface area (TPSA) is 134 Å². The van der Waals surface area contributed by atoms with Gasteiger partial charge in [-0.15, -0.1) is 10.2 Å². The maximum Gasteiger partial charge on any atom is 0.250 e. The fourth-order valence-electron chi connectivity index (χ4n) is 4.62. The molecule has 1 fully saturated rings. The second-order valence-electron chi connectivity index (χ2n) is 9.54. The minimum Gasteiger partial charge on any atom is -0.497 e. The molecule has 1 saturated heterocycles. The number of carbonyl (C=O) groups excluding carboxylic acids is 2. The Balaban J connectivity index is 1.40. The number of nitrogens with one attached hydrogen (secondary N) is 1. The molecule has 5 rings (SSSR count). The molecule has 214 valence electrons. The summed E-state index contributed by atoms with van der Waals surface area (Å²) >= 11 is 0. The third-order valence-corrected chi connectivity index (χ3v) is 6.81. The first kappa shape index (κ1) is 27.8. The summed E-state index contributed by atoms with van der Waals surface area (Å²) in [5, 5.41) is 15.5. The molecule has 2 atom stereocenters. The largest absolute Gasteiger partial charge is 0.497 e. The van der Waals surface area contributed by atoms with Gasteiger partial charge >= 0.3 is 0 Å². The predicted molar refractivity (Wildman–Crippen MR) is 147 cm³/mol. The van der Waals surface area contributed by atoms with Crippen molar-refractivity contribution in [3.63, 3.8) is 0 Å². The van der Waals surface area contributed by atoms with Crippen molar-refractivity contribution in [1.82, 2.24) is 30.4 Å². The van der Waals surface area contributed by atoms with Gasteiger partial charge in [-0.25, -0.2) is 0 Å². The summed E-state index contributed by atoms with van der Waals surface area (Å²) in [5.41, 5.74) is 1.52. The molecule has 2 amide bonds. The highest BCUT2D eigenvalue weighted by molar-refractivity contribution is 5.88. The van der Waals surface area contributed by atoms with Crippen LogP contribution >= 0.6 is 0 Å². The molecule has 1 N–H and O–H groups in total. The molecule has 0 aliphatic carbocycles. The summed E-state index contributed by atoms with van der Waals surface area (Å²) < 4.78 is 21.8. The van der Waals surface area contributed by atoms with Crippen LogP contribution in [0, 0.1) is 0 Å². The number of amides is 2. The van der Waals surface area contributed by atoms with Crippen molar-refractivity contribution in [1.29, 1.82) is 0 Å². The highest BCUT2D eigenvalue weighted by Crippen LogP contribution is 2.26. The molecule has 0 radical (unpaired) electrons. The summed E-state index contributed by atoms with van der Waals surface area (Å²) in [4.78, 5) is 30.2. The van der Waals surface area contributed by atoms with Gasteiger partial charge in [0, 0.05) is 25.3 Å². The van der Waals surface area contributed by atoms with Gasteiger partial charge in [0.25, 0.3) is 5.91 Å². The Morgan fingerprint density at radius 1 is 1.07 bits per heavy atom.